The number of benzene rings is 2. The zero-order valence-electron chi connectivity index (χ0n) is 13.9. The van der Waals surface area contributed by atoms with Gasteiger partial charge in [0.2, 0.25) is 15.9 Å². The molecule has 1 atom stereocenters. The van der Waals surface area contributed by atoms with Crippen molar-refractivity contribution in [2.45, 2.75) is 22.8 Å². The van der Waals surface area contributed by atoms with Crippen LogP contribution >= 0.6 is 0 Å². The second-order valence-electron chi connectivity index (χ2n) is 5.56. The van der Waals surface area contributed by atoms with Crippen molar-refractivity contribution in [2.24, 2.45) is 0 Å². The highest BCUT2D eigenvalue weighted by Gasteiger charge is 2.24. The number of anilines is 1. The quantitative estimate of drug-likeness (QED) is 0.764. The highest BCUT2D eigenvalue weighted by molar-refractivity contribution is 7.90. The van der Waals surface area contributed by atoms with Crippen LogP contribution in [0.4, 0.5) is 10.1 Å². The van der Waals surface area contributed by atoms with E-state index < -0.39 is 42.5 Å². The van der Waals surface area contributed by atoms with Crippen molar-refractivity contribution in [3.8, 4) is 0 Å². The fraction of sp³-hybridized carbons (Fsp3) is 0.188. The Hall–Kier alpha value is -2.30. The second-order valence-corrected chi connectivity index (χ2v) is 9.26. The summed E-state index contributed by atoms with van der Waals surface area (Å²) in [4.78, 5) is 11.6. The minimum absolute atomic E-state index is 0.00916. The fourth-order valence-electron chi connectivity index (χ4n) is 2.07. The van der Waals surface area contributed by atoms with Crippen LogP contribution in [0.2, 0.25) is 0 Å². The van der Waals surface area contributed by atoms with Crippen LogP contribution in [0.15, 0.2) is 58.3 Å². The molecule has 0 bridgehead atoms. The highest BCUT2D eigenvalue weighted by Crippen LogP contribution is 2.16. The molecule has 10 heteroatoms. The first kappa shape index (κ1) is 20.0. The number of carbonyl (C=O) groups is 1. The molecule has 140 valence electrons. The maximum Gasteiger partial charge on any atom is 0.244 e. The number of sulfonamides is 1. The SMILES string of the molecule is C[C@H](NS(=O)(=O)c1ccccc1F)C(=O)Nc1cccc(S(C)(=O)=O)c1. The minimum Gasteiger partial charge on any atom is -0.325 e. The number of hydrogen-bond donors (Lipinski definition) is 2. The first-order chi connectivity index (χ1) is 12.0. The molecule has 2 aromatic rings. The lowest BCUT2D eigenvalue weighted by Crippen LogP contribution is -2.41. The van der Waals surface area contributed by atoms with Crippen molar-refractivity contribution in [3.63, 3.8) is 0 Å². The summed E-state index contributed by atoms with van der Waals surface area (Å²) in [6.07, 6.45) is 1.03. The maximum atomic E-state index is 13.7. The van der Waals surface area contributed by atoms with Crippen LogP contribution in [0.1, 0.15) is 6.92 Å². The van der Waals surface area contributed by atoms with Gasteiger partial charge in [-0.3, -0.25) is 4.79 Å². The third-order valence-corrected chi connectivity index (χ3v) is 6.07. The van der Waals surface area contributed by atoms with Crippen LogP contribution < -0.4 is 10.0 Å². The Morgan fingerprint density at radius 2 is 1.69 bits per heavy atom. The van der Waals surface area contributed by atoms with Crippen LogP contribution in [-0.2, 0) is 24.7 Å². The van der Waals surface area contributed by atoms with E-state index in [-0.39, 0.29) is 10.6 Å². The first-order valence-electron chi connectivity index (χ1n) is 7.38. The van der Waals surface area contributed by atoms with E-state index in [0.717, 1.165) is 18.4 Å². The van der Waals surface area contributed by atoms with E-state index in [9.17, 15) is 26.0 Å². The standard InChI is InChI=1S/C16H17FN2O5S2/c1-11(19-26(23,24)15-9-4-3-8-14(15)17)16(20)18-12-6-5-7-13(10-12)25(2,21)22/h3-11,19H,1-2H3,(H,18,20)/t11-/m0/s1. The highest BCUT2D eigenvalue weighted by atomic mass is 32.2. The lowest BCUT2D eigenvalue weighted by molar-refractivity contribution is -0.117. The average molecular weight is 400 g/mol. The van der Waals surface area contributed by atoms with Gasteiger partial charge in [0.1, 0.15) is 10.7 Å². The molecule has 2 N–H and O–H groups in total. The number of hydrogen-bond acceptors (Lipinski definition) is 5. The summed E-state index contributed by atoms with van der Waals surface area (Å²) in [6, 6.07) is 9.10. The molecule has 0 fully saturated rings. The van der Waals surface area contributed by atoms with Gasteiger partial charge in [0.05, 0.1) is 10.9 Å². The molecule has 0 saturated heterocycles. The summed E-state index contributed by atoms with van der Waals surface area (Å²) in [5.41, 5.74) is 0.190. The zero-order chi connectivity index (χ0) is 19.5. The maximum absolute atomic E-state index is 13.7. The molecule has 2 rings (SSSR count). The number of carbonyl (C=O) groups excluding carboxylic acids is 1. The second kappa shape index (κ2) is 7.52. The van der Waals surface area contributed by atoms with Gasteiger partial charge >= 0.3 is 0 Å². The predicted molar refractivity (Wildman–Crippen MR) is 94.4 cm³/mol. The molecule has 0 saturated carbocycles. The molecule has 0 radical (unpaired) electrons. The Balaban J connectivity index is 2.15. The number of halogens is 1. The van der Waals surface area contributed by atoms with E-state index in [1.54, 1.807) is 0 Å². The molecule has 0 aliphatic carbocycles. The number of sulfone groups is 1. The van der Waals surface area contributed by atoms with Crippen LogP contribution in [0.25, 0.3) is 0 Å². The molecule has 0 heterocycles. The van der Waals surface area contributed by atoms with E-state index in [2.05, 4.69) is 10.0 Å². The van der Waals surface area contributed by atoms with Gasteiger partial charge < -0.3 is 5.32 Å². The van der Waals surface area contributed by atoms with E-state index in [1.807, 2.05) is 0 Å². The molecule has 0 aliphatic heterocycles. The van der Waals surface area contributed by atoms with E-state index in [1.165, 1.54) is 43.3 Å². The number of nitrogens with one attached hydrogen (secondary N) is 2. The molecule has 26 heavy (non-hydrogen) atoms. The number of amides is 1. The Morgan fingerprint density at radius 1 is 1.04 bits per heavy atom. The van der Waals surface area contributed by atoms with Crippen molar-refractivity contribution in [3.05, 3.63) is 54.3 Å². The van der Waals surface area contributed by atoms with Crippen LogP contribution in [0.5, 0.6) is 0 Å². The van der Waals surface area contributed by atoms with Crippen LogP contribution in [-0.4, -0.2) is 35.0 Å². The van der Waals surface area contributed by atoms with Crippen molar-refractivity contribution < 1.29 is 26.0 Å². The van der Waals surface area contributed by atoms with Gasteiger partial charge in [-0.1, -0.05) is 18.2 Å². The first-order valence-corrected chi connectivity index (χ1v) is 10.8. The molecular weight excluding hydrogens is 383 g/mol. The third-order valence-electron chi connectivity index (χ3n) is 3.38. The largest absolute Gasteiger partial charge is 0.325 e. The Kier molecular flexibility index (Phi) is 5.79. The van der Waals surface area contributed by atoms with E-state index in [0.29, 0.717) is 0 Å². The Labute approximate surface area is 151 Å². The average Bonchev–Trinajstić information content (AvgIpc) is 2.54. The van der Waals surface area contributed by atoms with Gasteiger partial charge in [0.25, 0.3) is 0 Å². The van der Waals surface area contributed by atoms with Gasteiger partial charge in [-0.15, -0.1) is 0 Å². The normalized spacial score (nSPS) is 13.2. The van der Waals surface area contributed by atoms with Gasteiger partial charge in [-0.25, -0.2) is 21.2 Å². The molecular formula is C16H17FN2O5S2. The van der Waals surface area contributed by atoms with Crippen molar-refractivity contribution in [2.75, 3.05) is 11.6 Å². The molecule has 0 aromatic heterocycles. The molecule has 2 aromatic carbocycles. The van der Waals surface area contributed by atoms with Crippen LogP contribution in [0, 0.1) is 5.82 Å². The van der Waals surface area contributed by atoms with Crippen molar-refractivity contribution >= 4 is 31.5 Å². The van der Waals surface area contributed by atoms with Crippen molar-refractivity contribution in [1.82, 2.24) is 4.72 Å². The minimum atomic E-state index is -4.24. The molecule has 0 unspecified atom stereocenters. The van der Waals surface area contributed by atoms with Crippen LogP contribution in [0.3, 0.4) is 0 Å². The van der Waals surface area contributed by atoms with E-state index >= 15 is 0 Å². The monoisotopic (exact) mass is 400 g/mol. The molecule has 1 amide bonds. The lowest BCUT2D eigenvalue weighted by Gasteiger charge is -2.15. The third kappa shape index (κ3) is 4.87. The summed E-state index contributed by atoms with van der Waals surface area (Å²) in [5, 5.41) is 2.42. The predicted octanol–water partition coefficient (Wildman–Crippen LogP) is 1.53. The van der Waals surface area contributed by atoms with Gasteiger partial charge in [-0.05, 0) is 37.3 Å². The summed E-state index contributed by atoms with van der Waals surface area (Å²) in [6.45, 7) is 1.29. The molecule has 0 aliphatic rings. The topological polar surface area (TPSA) is 109 Å². The van der Waals surface area contributed by atoms with Crippen molar-refractivity contribution in [1.29, 1.82) is 0 Å². The zero-order valence-corrected chi connectivity index (χ0v) is 15.6. The summed E-state index contributed by atoms with van der Waals surface area (Å²) in [7, 11) is -7.70. The Morgan fingerprint density at radius 3 is 2.31 bits per heavy atom. The summed E-state index contributed by atoms with van der Waals surface area (Å²) in [5.74, 6) is -1.66. The van der Waals surface area contributed by atoms with Gasteiger partial charge in [0, 0.05) is 11.9 Å². The molecule has 0 spiro atoms. The number of rotatable bonds is 6. The lowest BCUT2D eigenvalue weighted by atomic mass is 10.3. The summed E-state index contributed by atoms with van der Waals surface area (Å²) < 4.78 is 63.2. The smallest absolute Gasteiger partial charge is 0.244 e. The molecule has 7 nitrogen and oxygen atoms in total. The van der Waals surface area contributed by atoms with Gasteiger partial charge in [0.15, 0.2) is 9.84 Å². The fourth-order valence-corrected chi connectivity index (χ4v) is 4.02. The van der Waals surface area contributed by atoms with Gasteiger partial charge in [-0.2, -0.15) is 4.72 Å². The summed E-state index contributed by atoms with van der Waals surface area (Å²) >= 11 is 0. The van der Waals surface area contributed by atoms with E-state index in [4.69, 9.17) is 0 Å². The Bertz CT molecular complexity index is 1040.